The number of hydrogen-bond acceptors (Lipinski definition) is 4. The summed E-state index contributed by atoms with van der Waals surface area (Å²) in [6.07, 6.45) is 5.04. The Balaban J connectivity index is 2.04. The first kappa shape index (κ1) is 13.7. The molecule has 0 radical (unpaired) electrons. The highest BCUT2D eigenvalue weighted by Gasteiger charge is 2.15. The fraction of sp³-hybridized carbons (Fsp3) is 0.643. The van der Waals surface area contributed by atoms with Gasteiger partial charge in [-0.1, -0.05) is 6.92 Å². The molecule has 1 fully saturated rings. The van der Waals surface area contributed by atoms with Crippen molar-refractivity contribution >= 4 is 11.8 Å². The highest BCUT2D eigenvalue weighted by Crippen LogP contribution is 2.23. The smallest absolute Gasteiger partial charge is 0.140 e. The number of pyridine rings is 1. The van der Waals surface area contributed by atoms with Gasteiger partial charge in [0.05, 0.1) is 13.3 Å². The van der Waals surface area contributed by atoms with Gasteiger partial charge in [0.25, 0.3) is 0 Å². The van der Waals surface area contributed by atoms with Crippen molar-refractivity contribution in [3.8, 4) is 5.75 Å². The van der Waals surface area contributed by atoms with E-state index in [4.69, 9.17) is 4.74 Å². The molecule has 1 aliphatic heterocycles. The van der Waals surface area contributed by atoms with Crippen LogP contribution in [0.3, 0.4) is 0 Å². The minimum absolute atomic E-state index is 0.791. The Labute approximate surface area is 114 Å². The van der Waals surface area contributed by atoms with Gasteiger partial charge >= 0.3 is 0 Å². The Hall–Kier alpha value is -0.740. The molecule has 2 rings (SSSR count). The maximum absolute atomic E-state index is 5.33. The van der Waals surface area contributed by atoms with Crippen molar-refractivity contribution in [1.29, 1.82) is 0 Å². The number of aromatic nitrogens is 1. The quantitative estimate of drug-likeness (QED) is 0.840. The Morgan fingerprint density at radius 3 is 3.06 bits per heavy atom. The molecule has 1 aliphatic rings. The van der Waals surface area contributed by atoms with E-state index in [1.807, 2.05) is 6.20 Å². The van der Waals surface area contributed by atoms with Gasteiger partial charge in [0.2, 0.25) is 0 Å². The van der Waals surface area contributed by atoms with E-state index >= 15 is 0 Å². The van der Waals surface area contributed by atoms with Crippen molar-refractivity contribution in [1.82, 2.24) is 9.88 Å². The topological polar surface area (TPSA) is 25.4 Å². The zero-order valence-electron chi connectivity index (χ0n) is 11.5. The molecule has 1 unspecified atom stereocenters. The fourth-order valence-corrected chi connectivity index (χ4v) is 3.29. The summed E-state index contributed by atoms with van der Waals surface area (Å²) in [5, 5.41) is 0.791. The van der Waals surface area contributed by atoms with E-state index in [1.165, 1.54) is 36.4 Å². The number of ether oxygens (including phenoxy) is 1. The zero-order valence-corrected chi connectivity index (χ0v) is 12.3. The van der Waals surface area contributed by atoms with Crippen molar-refractivity contribution in [3.63, 3.8) is 0 Å². The third kappa shape index (κ3) is 3.39. The molecule has 0 aliphatic carbocycles. The van der Waals surface area contributed by atoms with Crippen LogP contribution >= 0.6 is 11.8 Å². The van der Waals surface area contributed by atoms with Crippen LogP contribution in [-0.2, 0) is 6.54 Å². The molecule has 1 aromatic rings. The molecule has 0 amide bonds. The molecule has 0 saturated carbocycles. The molecule has 4 heteroatoms. The van der Waals surface area contributed by atoms with E-state index in [9.17, 15) is 0 Å². The first-order valence-electron chi connectivity index (χ1n) is 6.52. The zero-order chi connectivity index (χ0) is 13.0. The van der Waals surface area contributed by atoms with Crippen molar-refractivity contribution in [2.45, 2.75) is 32.1 Å². The summed E-state index contributed by atoms with van der Waals surface area (Å²) in [4.78, 5) is 6.79. The molecule has 0 spiro atoms. The van der Waals surface area contributed by atoms with Crippen LogP contribution in [0, 0.1) is 6.92 Å². The molecule has 1 atom stereocenters. The minimum Gasteiger partial charge on any atom is -0.495 e. The second-order valence-corrected chi connectivity index (χ2v) is 6.42. The van der Waals surface area contributed by atoms with Gasteiger partial charge in [0, 0.05) is 30.3 Å². The van der Waals surface area contributed by atoms with E-state index in [2.05, 4.69) is 35.5 Å². The molecule has 100 valence electrons. The predicted octanol–water partition coefficient (Wildman–Crippen LogP) is 2.73. The molecule has 0 aromatic carbocycles. The summed E-state index contributed by atoms with van der Waals surface area (Å²) in [5.41, 5.74) is 2.51. The number of methoxy groups -OCH3 is 1. The first-order chi connectivity index (χ1) is 8.70. The van der Waals surface area contributed by atoms with Crippen LogP contribution in [0.4, 0.5) is 0 Å². The van der Waals surface area contributed by atoms with Crippen LogP contribution in [0.15, 0.2) is 12.4 Å². The van der Waals surface area contributed by atoms with E-state index in [0.717, 1.165) is 17.5 Å². The SMILES string of the molecule is COc1cncc(CN2CCSC(C)CC2)c1C. The summed E-state index contributed by atoms with van der Waals surface area (Å²) >= 11 is 2.08. The third-order valence-corrected chi connectivity index (χ3v) is 4.77. The van der Waals surface area contributed by atoms with Crippen molar-refractivity contribution in [3.05, 3.63) is 23.5 Å². The van der Waals surface area contributed by atoms with E-state index < -0.39 is 0 Å². The average molecular weight is 266 g/mol. The van der Waals surface area contributed by atoms with Crippen LogP contribution in [0.5, 0.6) is 5.75 Å². The summed E-state index contributed by atoms with van der Waals surface area (Å²) in [6.45, 7) is 7.79. The first-order valence-corrected chi connectivity index (χ1v) is 7.57. The lowest BCUT2D eigenvalue weighted by Crippen LogP contribution is -2.26. The molecule has 2 heterocycles. The third-order valence-electron chi connectivity index (χ3n) is 3.55. The monoisotopic (exact) mass is 266 g/mol. The molecule has 0 N–H and O–H groups in total. The van der Waals surface area contributed by atoms with Crippen LogP contribution in [0.2, 0.25) is 0 Å². The van der Waals surface area contributed by atoms with E-state index in [-0.39, 0.29) is 0 Å². The molecular formula is C14H22N2OS. The van der Waals surface area contributed by atoms with Gasteiger partial charge in [0.1, 0.15) is 5.75 Å². The second-order valence-electron chi connectivity index (χ2n) is 4.87. The lowest BCUT2D eigenvalue weighted by Gasteiger charge is -2.21. The van der Waals surface area contributed by atoms with Gasteiger partial charge in [-0.15, -0.1) is 0 Å². The summed E-state index contributed by atoms with van der Waals surface area (Å²) in [7, 11) is 1.71. The van der Waals surface area contributed by atoms with Crippen LogP contribution in [-0.4, -0.2) is 41.1 Å². The summed E-state index contributed by atoms with van der Waals surface area (Å²) < 4.78 is 5.33. The van der Waals surface area contributed by atoms with E-state index in [1.54, 1.807) is 13.3 Å². The normalized spacial score (nSPS) is 21.6. The molecule has 1 saturated heterocycles. The van der Waals surface area contributed by atoms with Gasteiger partial charge in [-0.3, -0.25) is 9.88 Å². The predicted molar refractivity (Wildman–Crippen MR) is 77.3 cm³/mol. The van der Waals surface area contributed by atoms with Crippen LogP contribution < -0.4 is 4.74 Å². The maximum Gasteiger partial charge on any atom is 0.140 e. The summed E-state index contributed by atoms with van der Waals surface area (Å²) in [6, 6.07) is 0. The number of thioether (sulfide) groups is 1. The largest absolute Gasteiger partial charge is 0.495 e. The Morgan fingerprint density at radius 2 is 2.28 bits per heavy atom. The van der Waals surface area contributed by atoms with Crippen molar-refractivity contribution < 1.29 is 4.74 Å². The second kappa shape index (κ2) is 6.43. The van der Waals surface area contributed by atoms with Gasteiger partial charge in [-0.2, -0.15) is 11.8 Å². The maximum atomic E-state index is 5.33. The van der Waals surface area contributed by atoms with Gasteiger partial charge in [-0.05, 0) is 31.0 Å². The molecule has 3 nitrogen and oxygen atoms in total. The van der Waals surface area contributed by atoms with Gasteiger partial charge in [0.15, 0.2) is 0 Å². The molecule has 18 heavy (non-hydrogen) atoms. The highest BCUT2D eigenvalue weighted by atomic mass is 32.2. The molecule has 0 bridgehead atoms. The minimum atomic E-state index is 0.791. The van der Waals surface area contributed by atoms with E-state index in [0.29, 0.717) is 0 Å². The Bertz CT molecular complexity index is 397. The Morgan fingerprint density at radius 1 is 1.44 bits per heavy atom. The van der Waals surface area contributed by atoms with Crippen LogP contribution in [0.1, 0.15) is 24.5 Å². The molecule has 1 aromatic heterocycles. The fourth-order valence-electron chi connectivity index (χ4n) is 2.25. The van der Waals surface area contributed by atoms with Crippen LogP contribution in [0.25, 0.3) is 0 Å². The number of rotatable bonds is 3. The molecular weight excluding hydrogens is 244 g/mol. The highest BCUT2D eigenvalue weighted by molar-refractivity contribution is 7.99. The number of hydrogen-bond donors (Lipinski definition) is 0. The van der Waals surface area contributed by atoms with Gasteiger partial charge in [-0.25, -0.2) is 0 Å². The Kier molecular flexibility index (Phi) is 4.89. The van der Waals surface area contributed by atoms with Gasteiger partial charge < -0.3 is 4.74 Å². The number of nitrogens with zero attached hydrogens (tertiary/aromatic N) is 2. The lowest BCUT2D eigenvalue weighted by molar-refractivity contribution is 0.282. The van der Waals surface area contributed by atoms with Crippen molar-refractivity contribution in [2.75, 3.05) is 26.0 Å². The standard InChI is InChI=1S/C14H22N2OS/c1-11-4-5-16(6-7-18-11)10-13-8-15-9-14(17-3)12(13)2/h8-9,11H,4-7,10H2,1-3H3. The van der Waals surface area contributed by atoms with Crippen molar-refractivity contribution in [2.24, 2.45) is 0 Å². The average Bonchev–Trinajstić information content (AvgIpc) is 2.57. The lowest BCUT2D eigenvalue weighted by atomic mass is 10.1. The summed E-state index contributed by atoms with van der Waals surface area (Å²) in [5.74, 6) is 2.13.